The van der Waals surface area contributed by atoms with E-state index < -0.39 is 0 Å². The summed E-state index contributed by atoms with van der Waals surface area (Å²) in [5.41, 5.74) is 2.33. The Morgan fingerprint density at radius 2 is 1.74 bits per heavy atom. The predicted octanol–water partition coefficient (Wildman–Crippen LogP) is 1.49. The molecule has 160 valence electrons. The van der Waals surface area contributed by atoms with Crippen molar-refractivity contribution in [1.29, 1.82) is 0 Å². The Morgan fingerprint density at radius 3 is 2.45 bits per heavy atom. The predicted molar refractivity (Wildman–Crippen MR) is 116 cm³/mol. The number of hydrogen-bond donors (Lipinski definition) is 1. The summed E-state index contributed by atoms with van der Waals surface area (Å²) < 4.78 is 1.82. The molecule has 1 N–H and O–H groups in total. The smallest absolute Gasteiger partial charge is 0.273 e. The van der Waals surface area contributed by atoms with Crippen molar-refractivity contribution in [2.75, 3.05) is 44.2 Å². The summed E-state index contributed by atoms with van der Waals surface area (Å²) in [6.07, 6.45) is 5.70. The van der Waals surface area contributed by atoms with Crippen LogP contribution in [0.25, 0.3) is 5.69 Å². The Labute approximate surface area is 181 Å². The van der Waals surface area contributed by atoms with Gasteiger partial charge in [0.2, 0.25) is 5.95 Å². The van der Waals surface area contributed by atoms with Gasteiger partial charge in [0.25, 0.3) is 5.91 Å². The monoisotopic (exact) mass is 418 g/mol. The third-order valence-corrected chi connectivity index (χ3v) is 5.81. The van der Waals surface area contributed by atoms with Crippen LogP contribution in [-0.4, -0.2) is 75.0 Å². The summed E-state index contributed by atoms with van der Waals surface area (Å²) in [5, 5.41) is 11.6. The lowest BCUT2D eigenvalue weighted by Gasteiger charge is -2.34. The van der Waals surface area contributed by atoms with Gasteiger partial charge < -0.3 is 10.2 Å². The average Bonchev–Trinajstić information content (AvgIpc) is 3.58. The first-order valence-electron chi connectivity index (χ1n) is 10.8. The summed E-state index contributed by atoms with van der Waals surface area (Å²) in [5.74, 6) is 1.01. The summed E-state index contributed by atoms with van der Waals surface area (Å²) in [7, 11) is 0. The zero-order valence-corrected chi connectivity index (χ0v) is 17.4. The van der Waals surface area contributed by atoms with Gasteiger partial charge in [-0.25, -0.2) is 14.6 Å². The van der Waals surface area contributed by atoms with Crippen LogP contribution in [0, 0.1) is 0 Å². The van der Waals surface area contributed by atoms with E-state index in [1.807, 2.05) is 41.1 Å². The Kier molecular flexibility index (Phi) is 5.57. The molecule has 31 heavy (non-hydrogen) atoms. The van der Waals surface area contributed by atoms with Crippen molar-refractivity contribution in [2.45, 2.75) is 18.8 Å². The van der Waals surface area contributed by atoms with Crippen molar-refractivity contribution in [3.8, 4) is 5.69 Å². The van der Waals surface area contributed by atoms with Crippen LogP contribution >= 0.6 is 0 Å². The third kappa shape index (κ3) is 4.41. The molecule has 1 aliphatic heterocycles. The van der Waals surface area contributed by atoms with Crippen molar-refractivity contribution < 1.29 is 4.79 Å². The van der Waals surface area contributed by atoms with Crippen LogP contribution in [0.15, 0.2) is 48.8 Å². The summed E-state index contributed by atoms with van der Waals surface area (Å²) in [6.45, 7) is 5.01. The fraction of sp³-hybridized carbons (Fsp3) is 0.409. The molecule has 2 aromatic heterocycles. The molecule has 0 spiro atoms. The van der Waals surface area contributed by atoms with Crippen molar-refractivity contribution in [3.63, 3.8) is 0 Å². The van der Waals surface area contributed by atoms with Gasteiger partial charge in [0, 0.05) is 57.6 Å². The second-order valence-electron chi connectivity index (χ2n) is 7.98. The lowest BCUT2D eigenvalue weighted by Crippen LogP contribution is -2.49. The molecule has 1 saturated heterocycles. The van der Waals surface area contributed by atoms with E-state index in [2.05, 4.69) is 35.4 Å². The number of hydrogen-bond acceptors (Lipinski definition) is 7. The number of benzene rings is 1. The highest BCUT2D eigenvalue weighted by atomic mass is 16.2. The number of anilines is 1. The molecule has 5 rings (SSSR count). The van der Waals surface area contributed by atoms with Gasteiger partial charge in [-0.2, -0.15) is 0 Å². The van der Waals surface area contributed by atoms with Gasteiger partial charge in [0.1, 0.15) is 0 Å². The number of carbonyl (C=O) groups excluding carboxylic acids is 1. The number of piperazine rings is 1. The van der Waals surface area contributed by atoms with Gasteiger partial charge in [0.15, 0.2) is 5.69 Å². The molecule has 3 heterocycles. The van der Waals surface area contributed by atoms with Crippen molar-refractivity contribution in [2.24, 2.45) is 0 Å². The van der Waals surface area contributed by atoms with E-state index in [0.29, 0.717) is 18.2 Å². The summed E-state index contributed by atoms with van der Waals surface area (Å²) in [4.78, 5) is 26.0. The van der Waals surface area contributed by atoms with E-state index >= 15 is 0 Å². The maximum Gasteiger partial charge on any atom is 0.273 e. The normalized spacial score (nSPS) is 17.0. The molecule has 2 fully saturated rings. The Morgan fingerprint density at radius 1 is 1.00 bits per heavy atom. The fourth-order valence-corrected chi connectivity index (χ4v) is 3.97. The van der Waals surface area contributed by atoms with Gasteiger partial charge in [-0.1, -0.05) is 23.4 Å². The number of para-hydroxylation sites is 1. The second kappa shape index (κ2) is 8.81. The molecule has 0 atom stereocenters. The molecule has 1 saturated carbocycles. The fourth-order valence-electron chi connectivity index (χ4n) is 3.97. The van der Waals surface area contributed by atoms with Crippen LogP contribution in [0.4, 0.5) is 5.95 Å². The first kappa shape index (κ1) is 19.6. The van der Waals surface area contributed by atoms with Gasteiger partial charge in [-0.05, 0) is 31.0 Å². The lowest BCUT2D eigenvalue weighted by molar-refractivity contribution is 0.0941. The number of carbonyl (C=O) groups is 1. The molecule has 3 aromatic rings. The van der Waals surface area contributed by atoms with E-state index in [9.17, 15) is 4.79 Å². The molecule has 9 heteroatoms. The maximum absolute atomic E-state index is 12.9. The minimum atomic E-state index is -0.139. The number of amides is 1. The zero-order valence-electron chi connectivity index (χ0n) is 17.4. The number of rotatable bonds is 7. The van der Waals surface area contributed by atoms with Crippen LogP contribution in [0.2, 0.25) is 0 Å². The molecular formula is C22H26N8O. The molecule has 1 aliphatic carbocycles. The average molecular weight is 419 g/mol. The molecule has 1 aromatic carbocycles. The quantitative estimate of drug-likeness (QED) is 0.621. The van der Waals surface area contributed by atoms with Crippen molar-refractivity contribution in [3.05, 3.63) is 60.2 Å². The van der Waals surface area contributed by atoms with E-state index in [1.165, 1.54) is 0 Å². The first-order valence-corrected chi connectivity index (χ1v) is 10.8. The van der Waals surface area contributed by atoms with Crippen molar-refractivity contribution >= 4 is 11.9 Å². The molecule has 0 bridgehead atoms. The minimum Gasteiger partial charge on any atom is -0.349 e. The zero-order chi connectivity index (χ0) is 21.0. The van der Waals surface area contributed by atoms with Crippen LogP contribution < -0.4 is 10.2 Å². The van der Waals surface area contributed by atoms with E-state index in [0.717, 1.165) is 62.9 Å². The Hall–Kier alpha value is -3.33. The highest BCUT2D eigenvalue weighted by Gasteiger charge is 2.34. The lowest BCUT2D eigenvalue weighted by atomic mass is 10.2. The van der Waals surface area contributed by atoms with Gasteiger partial charge in [-0.3, -0.25) is 9.69 Å². The Balaban J connectivity index is 1.15. The Bertz CT molecular complexity index is 1010. The van der Waals surface area contributed by atoms with Crippen LogP contribution in [0.3, 0.4) is 0 Å². The van der Waals surface area contributed by atoms with E-state index in [-0.39, 0.29) is 5.91 Å². The largest absolute Gasteiger partial charge is 0.349 e. The van der Waals surface area contributed by atoms with Gasteiger partial charge >= 0.3 is 0 Å². The summed E-state index contributed by atoms with van der Waals surface area (Å²) >= 11 is 0. The number of aromatic nitrogens is 5. The van der Waals surface area contributed by atoms with Crippen molar-refractivity contribution in [1.82, 2.24) is 35.2 Å². The first-order chi connectivity index (χ1) is 15.3. The number of nitrogens with zero attached hydrogens (tertiary/aromatic N) is 7. The van der Waals surface area contributed by atoms with Crippen LogP contribution in [-0.2, 0) is 0 Å². The standard InChI is InChI=1S/C22H26N8O/c31-21(19-20(17-7-8-17)30(27-26-19)18-5-2-1-3-6-18)23-11-12-28-13-15-29(16-14-28)22-24-9-4-10-25-22/h1-6,9-10,17H,7-8,11-16H2,(H,23,31). The molecule has 0 unspecified atom stereocenters. The molecule has 2 aliphatic rings. The maximum atomic E-state index is 12.9. The minimum absolute atomic E-state index is 0.139. The number of nitrogens with one attached hydrogen (secondary N) is 1. The van der Waals surface area contributed by atoms with Gasteiger partial charge in [0.05, 0.1) is 11.4 Å². The van der Waals surface area contributed by atoms with E-state index in [4.69, 9.17) is 0 Å². The highest BCUT2D eigenvalue weighted by molar-refractivity contribution is 5.93. The molecular weight excluding hydrogens is 392 g/mol. The summed E-state index contributed by atoms with van der Waals surface area (Å²) in [6, 6.07) is 11.7. The molecule has 9 nitrogen and oxygen atoms in total. The van der Waals surface area contributed by atoms with E-state index in [1.54, 1.807) is 12.4 Å². The second-order valence-corrected chi connectivity index (χ2v) is 7.98. The SMILES string of the molecule is O=C(NCCN1CCN(c2ncccn2)CC1)c1nnn(-c2ccccc2)c1C1CC1. The third-order valence-electron chi connectivity index (χ3n) is 5.81. The highest BCUT2D eigenvalue weighted by Crippen LogP contribution is 2.41. The van der Waals surface area contributed by atoms with Crippen LogP contribution in [0.1, 0.15) is 34.9 Å². The van der Waals surface area contributed by atoms with Crippen LogP contribution in [0.5, 0.6) is 0 Å². The topological polar surface area (TPSA) is 92.1 Å². The molecule has 0 radical (unpaired) electrons. The van der Waals surface area contributed by atoms with Gasteiger partial charge in [-0.15, -0.1) is 5.10 Å². The molecule has 1 amide bonds.